The van der Waals surface area contributed by atoms with Gasteiger partial charge in [0.1, 0.15) is 0 Å². The van der Waals surface area contributed by atoms with Crippen molar-refractivity contribution in [1.82, 2.24) is 11.1 Å². The lowest BCUT2D eigenvalue weighted by Gasteiger charge is -2.20. The molecule has 8 atom stereocenters. The first kappa shape index (κ1) is 66.7. The highest BCUT2D eigenvalue weighted by Crippen LogP contribution is 2.49. The van der Waals surface area contributed by atoms with Crippen molar-refractivity contribution >= 4 is 62.4 Å². The van der Waals surface area contributed by atoms with Crippen LogP contribution in [0.15, 0.2) is 0 Å². The van der Waals surface area contributed by atoms with E-state index in [1.807, 2.05) is 0 Å². The van der Waals surface area contributed by atoms with E-state index in [-0.39, 0.29) is 19.2 Å². The van der Waals surface area contributed by atoms with Gasteiger partial charge in [-0.05, 0) is 12.8 Å². The summed E-state index contributed by atoms with van der Waals surface area (Å²) < 4.78 is 178. The van der Waals surface area contributed by atoms with E-state index in [0.29, 0.717) is 25.7 Å². The van der Waals surface area contributed by atoms with Gasteiger partial charge in [0.15, 0.2) is 0 Å². The molecule has 8 unspecified atom stereocenters. The maximum atomic E-state index is 12.8. The van der Waals surface area contributed by atoms with Gasteiger partial charge in [-0.1, -0.05) is 19.3 Å². The van der Waals surface area contributed by atoms with E-state index in [1.165, 1.54) is 5.54 Å². The molecular formula is C23H56F2N2O31P8. The van der Waals surface area contributed by atoms with E-state index in [9.17, 15) is 74.8 Å². The van der Waals surface area contributed by atoms with E-state index >= 15 is 0 Å². The molecule has 0 radical (unpaired) electrons. The third-order valence-electron chi connectivity index (χ3n) is 6.88. The smallest absolute Gasteiger partial charge is 0.324 e. The van der Waals surface area contributed by atoms with Crippen LogP contribution in [-0.4, -0.2) is 154 Å². The zero-order valence-corrected chi connectivity index (χ0v) is 41.5. The summed E-state index contributed by atoms with van der Waals surface area (Å²) >= 11 is 0. The van der Waals surface area contributed by atoms with Crippen LogP contribution in [0, 0.1) is 11.8 Å². The zero-order chi connectivity index (χ0) is 50.6. The summed E-state index contributed by atoms with van der Waals surface area (Å²) in [4.78, 5) is 93.1. The lowest BCUT2D eigenvalue weighted by Crippen LogP contribution is -2.25. The molecule has 398 valence electrons. The van der Waals surface area contributed by atoms with Crippen molar-refractivity contribution in [2.45, 2.75) is 32.1 Å². The summed E-state index contributed by atoms with van der Waals surface area (Å²) in [6, 6.07) is 0. The Labute approximate surface area is 375 Å². The molecule has 0 heterocycles. The Morgan fingerprint density at radius 1 is 0.333 bits per heavy atom. The summed E-state index contributed by atoms with van der Waals surface area (Å²) in [5.74, 6) is -2.35. The molecule has 0 amide bonds. The Hall–Kier alpha value is 0.700. The quantitative estimate of drug-likeness (QED) is 0.0236. The summed E-state index contributed by atoms with van der Waals surface area (Å²) in [6.07, 6.45) is 1.84. The van der Waals surface area contributed by atoms with Crippen LogP contribution >= 0.6 is 62.4 Å². The number of unbranched alkanes of at least 4 members (excludes halogenated alkanes) is 4. The van der Waals surface area contributed by atoms with Gasteiger partial charge >= 0.3 is 62.4 Å². The van der Waals surface area contributed by atoms with Gasteiger partial charge in [0.05, 0.1) is 85.9 Å². The maximum absolute atomic E-state index is 12.8. The predicted molar refractivity (Wildman–Crippen MR) is 214 cm³/mol. The van der Waals surface area contributed by atoms with Crippen LogP contribution in [0.1, 0.15) is 32.1 Å². The average Bonchev–Trinajstić information content (AvgIpc) is 3.18. The molecule has 0 aliphatic heterocycles. The zero-order valence-electron chi connectivity index (χ0n) is 34.4. The number of halogens is 2. The number of phosphoric acid groups is 7. The van der Waals surface area contributed by atoms with Crippen molar-refractivity contribution in [3.8, 4) is 0 Å². The molecule has 66 heavy (non-hydrogen) atoms. The Morgan fingerprint density at radius 2 is 0.591 bits per heavy atom. The van der Waals surface area contributed by atoms with Crippen LogP contribution in [0.2, 0.25) is 0 Å². The van der Waals surface area contributed by atoms with Crippen LogP contribution in [0.25, 0.3) is 0 Å². The molecule has 0 spiro atoms. The van der Waals surface area contributed by atoms with Crippen LogP contribution in [0.5, 0.6) is 0 Å². The molecule has 0 saturated heterocycles. The monoisotopic (exact) mass is 1140 g/mol. The maximum Gasteiger partial charge on any atom is 0.472 e. The van der Waals surface area contributed by atoms with Gasteiger partial charge < -0.3 is 53.5 Å². The number of phosphoric ester groups is 7. The van der Waals surface area contributed by atoms with Crippen LogP contribution in [0.3, 0.4) is 0 Å². The molecule has 0 aliphatic carbocycles. The molecule has 43 heteroatoms. The summed E-state index contributed by atoms with van der Waals surface area (Å²) in [7, 11) is -38.3. The van der Waals surface area contributed by atoms with E-state index in [1.54, 1.807) is 0 Å². The Bertz CT molecular complexity index is 1740. The lowest BCUT2D eigenvalue weighted by molar-refractivity contribution is 0.0677. The van der Waals surface area contributed by atoms with Crippen molar-refractivity contribution in [2.24, 2.45) is 11.8 Å². The molecule has 0 aromatic heterocycles. The van der Waals surface area contributed by atoms with Crippen molar-refractivity contribution in [2.75, 3.05) is 105 Å². The van der Waals surface area contributed by atoms with Crippen LogP contribution in [0.4, 0.5) is 8.96 Å². The van der Waals surface area contributed by atoms with Gasteiger partial charge in [-0.15, -0.1) is 8.96 Å². The molecule has 33 nitrogen and oxygen atoms in total. The second kappa shape index (κ2) is 33.4. The second-order valence-corrected chi connectivity index (χ2v) is 24.3. The molecule has 0 fully saturated rings. The third-order valence-corrected chi connectivity index (χ3v) is 14.3. The molecular weight excluding hydrogens is 1090 g/mol. The minimum absolute atomic E-state index is 0.163. The first-order chi connectivity index (χ1) is 30.3. The molecule has 0 bridgehead atoms. The van der Waals surface area contributed by atoms with Crippen LogP contribution in [-0.2, 0) is 95.3 Å². The van der Waals surface area contributed by atoms with E-state index in [4.69, 9.17) is 28.6 Å². The number of nitrogens with one attached hydrogen (secondary N) is 2. The summed E-state index contributed by atoms with van der Waals surface area (Å²) in [5, 5.41) is 0. The fraction of sp³-hybridized carbons (Fsp3) is 1.00. The minimum atomic E-state index is -4.99. The Kier molecular flexibility index (Phi) is 33.8. The van der Waals surface area contributed by atoms with E-state index < -0.39 is 167 Å². The van der Waals surface area contributed by atoms with Gasteiger partial charge in [-0.2, -0.15) is 11.1 Å². The third kappa shape index (κ3) is 41.3. The van der Waals surface area contributed by atoms with Crippen molar-refractivity contribution in [3.63, 3.8) is 0 Å². The van der Waals surface area contributed by atoms with Gasteiger partial charge in [0.2, 0.25) is 0 Å². The molecule has 0 saturated carbocycles. The summed E-state index contributed by atoms with van der Waals surface area (Å²) in [6.45, 7) is -11.4. The van der Waals surface area contributed by atoms with Gasteiger partial charge in [-0.25, -0.2) is 32.0 Å². The first-order valence-corrected chi connectivity index (χ1v) is 30.7. The fourth-order valence-electron chi connectivity index (χ4n) is 3.97. The highest BCUT2D eigenvalue weighted by molar-refractivity contribution is 7.52. The normalized spacial score (nSPS) is 19.2. The summed E-state index contributed by atoms with van der Waals surface area (Å²) in [5.41, 5.74) is 2.41. The van der Waals surface area contributed by atoms with Gasteiger partial charge in [-0.3, -0.25) is 58.9 Å². The highest BCUT2D eigenvalue weighted by Gasteiger charge is 2.30. The molecule has 0 aliphatic rings. The fourth-order valence-corrected chi connectivity index (χ4v) is 9.56. The Morgan fingerprint density at radius 3 is 0.909 bits per heavy atom. The first-order valence-electron chi connectivity index (χ1n) is 18.4. The SMILES string of the molecule is O=P(O)(O)OCCCCCCCP(=O)(O)OCC(CNF)COP(=O)(O)OCCOP(=O)(O)OCCOP(=O)(O)OCCOP(=O)(O)OCC(CNF)COP(=O)(O)OCCOP(=O)(O)O. The predicted octanol–water partition coefficient (Wildman–Crippen LogP) is 2.21. The van der Waals surface area contributed by atoms with Crippen molar-refractivity contribution < 1.29 is 153 Å². The van der Waals surface area contributed by atoms with Crippen molar-refractivity contribution in [1.29, 1.82) is 0 Å². The van der Waals surface area contributed by atoms with E-state index in [2.05, 4.69) is 49.8 Å². The minimum Gasteiger partial charge on any atom is -0.324 e. The molecule has 0 aromatic rings. The van der Waals surface area contributed by atoms with E-state index in [0.717, 1.165) is 5.54 Å². The molecule has 0 rings (SSSR count). The van der Waals surface area contributed by atoms with Gasteiger partial charge in [0, 0.05) is 31.1 Å². The number of hydrogen-bond donors (Lipinski definition) is 12. The molecule has 0 aromatic carbocycles. The average molecular weight is 1140 g/mol. The van der Waals surface area contributed by atoms with Crippen LogP contribution < -0.4 is 11.1 Å². The number of rotatable bonds is 45. The number of hydrogen-bond acceptors (Lipinski definition) is 23. The molecule has 12 N–H and O–H groups in total. The Balaban J connectivity index is 4.45. The van der Waals surface area contributed by atoms with Crippen molar-refractivity contribution in [3.05, 3.63) is 0 Å². The highest BCUT2D eigenvalue weighted by atomic mass is 31.2. The second-order valence-electron chi connectivity index (χ2n) is 12.5. The standard InChI is InChI=1S/C23H56F2N2O31P8/c24-26-16-22(18-55-59(28,29)15-5-3-1-2-4-6-46-60(30,31)32)19-56-65(42,43)53-13-11-50-62(36,37)48-9-10-49-63(38,39)51-12-14-54-66(44,45)58-21-23(17-27-25)20-57-64(40,41)52-8-7-47-61(33,34)35/h22-23,26-27H,1-21H2,(H,28,29)(H,36,37)(H,38,39)(H,40,41)(H,42,43)(H,44,45)(H2,30,31,32)(H2,33,34,35). The lowest BCUT2D eigenvalue weighted by atomic mass is 10.2. The topological polar surface area (TPSA) is 483 Å². The largest absolute Gasteiger partial charge is 0.472 e. The van der Waals surface area contributed by atoms with Gasteiger partial charge in [0.25, 0.3) is 0 Å².